The van der Waals surface area contributed by atoms with E-state index < -0.39 is 0 Å². The third-order valence-corrected chi connectivity index (χ3v) is 12.8. The summed E-state index contributed by atoms with van der Waals surface area (Å²) in [4.78, 5) is 17.3. The maximum absolute atomic E-state index is 12.2. The van der Waals surface area contributed by atoms with Crippen molar-refractivity contribution in [3.8, 4) is 22.4 Å². The zero-order valence-corrected chi connectivity index (χ0v) is 38.2. The summed E-state index contributed by atoms with van der Waals surface area (Å²) in [5.41, 5.74) is 9.13. The molecule has 0 fully saturated rings. The van der Waals surface area contributed by atoms with Crippen LogP contribution < -0.4 is 0 Å². The molecule has 4 nitrogen and oxygen atoms in total. The van der Waals surface area contributed by atoms with Crippen LogP contribution >= 0.6 is 11.3 Å². The SMILES string of the molecule is CCC(C)(CC)C(=O)/C=C(\O)C(C)(CC)CC.Cc1coc2c(-c3ccc4c(CC(C)C)csc4c3)cc(-c3[c-]c4ccccc4c(C(C)(C)C)c3)nc12.[Ir]. The first-order valence-corrected chi connectivity index (χ1v) is 20.7. The van der Waals surface area contributed by atoms with Crippen molar-refractivity contribution in [3.05, 3.63) is 101 Å². The Morgan fingerprint density at radius 1 is 0.909 bits per heavy atom. The Bertz CT molecular complexity index is 2290. The minimum Gasteiger partial charge on any atom is -0.512 e. The Morgan fingerprint density at radius 3 is 2.18 bits per heavy atom. The van der Waals surface area contributed by atoms with Gasteiger partial charge in [0, 0.05) is 58.5 Å². The molecular weight excluding hydrogens is 875 g/mol. The van der Waals surface area contributed by atoms with E-state index in [2.05, 4.69) is 108 Å². The number of aliphatic hydroxyl groups is 1. The molecule has 0 aliphatic rings. The Labute approximate surface area is 347 Å². The van der Waals surface area contributed by atoms with Gasteiger partial charge < -0.3 is 9.52 Å². The summed E-state index contributed by atoms with van der Waals surface area (Å²) >= 11 is 1.83. The van der Waals surface area contributed by atoms with Crippen LogP contribution in [0.15, 0.2) is 82.5 Å². The van der Waals surface area contributed by atoms with E-state index in [4.69, 9.17) is 9.40 Å². The number of hydrogen-bond acceptors (Lipinski definition) is 5. The van der Waals surface area contributed by atoms with Crippen molar-refractivity contribution < 1.29 is 34.4 Å². The van der Waals surface area contributed by atoms with E-state index in [1.807, 2.05) is 59.1 Å². The van der Waals surface area contributed by atoms with Crippen LogP contribution in [0.3, 0.4) is 0 Å². The molecule has 1 radical (unpaired) electrons. The Hall–Kier alpha value is -3.57. The number of benzene rings is 3. The second-order valence-corrected chi connectivity index (χ2v) is 18.0. The van der Waals surface area contributed by atoms with Gasteiger partial charge in [0.1, 0.15) is 11.3 Å². The van der Waals surface area contributed by atoms with Crippen molar-refractivity contribution >= 4 is 49.1 Å². The third-order valence-electron chi connectivity index (χ3n) is 11.8. The number of aryl methyl sites for hydroxylation is 1. The molecule has 3 heterocycles. The first-order chi connectivity index (χ1) is 25.5. The zero-order valence-electron chi connectivity index (χ0n) is 35.0. The van der Waals surface area contributed by atoms with Crippen LogP contribution in [-0.2, 0) is 36.7 Å². The second kappa shape index (κ2) is 17.7. The molecule has 3 aromatic heterocycles. The largest absolute Gasteiger partial charge is 0.512 e. The molecule has 6 heteroatoms. The van der Waals surface area contributed by atoms with Crippen LogP contribution in [0.2, 0.25) is 0 Å². The summed E-state index contributed by atoms with van der Waals surface area (Å²) in [6.07, 6.45) is 7.68. The molecule has 0 amide bonds. The predicted octanol–water partition coefficient (Wildman–Crippen LogP) is 14.8. The van der Waals surface area contributed by atoms with Crippen LogP contribution in [0, 0.1) is 29.7 Å². The average molecular weight is 935 g/mol. The summed E-state index contributed by atoms with van der Waals surface area (Å²) in [6.45, 7) is 25.5. The van der Waals surface area contributed by atoms with Gasteiger partial charge in [-0.15, -0.1) is 40.5 Å². The fraction of sp³-hybridized carbons (Fsp3) is 0.429. The molecule has 1 N–H and O–H groups in total. The maximum Gasteiger partial charge on any atom is 0.164 e. The Balaban J connectivity index is 0.000000320. The van der Waals surface area contributed by atoms with Gasteiger partial charge in [-0.05, 0) is 78.3 Å². The van der Waals surface area contributed by atoms with Gasteiger partial charge in [0.2, 0.25) is 0 Å². The van der Waals surface area contributed by atoms with Crippen molar-refractivity contribution in [2.75, 3.05) is 0 Å². The molecule has 0 spiro atoms. The van der Waals surface area contributed by atoms with E-state index in [1.54, 1.807) is 0 Å². The number of allylic oxidation sites excluding steroid dienone is 2. The Morgan fingerprint density at radius 2 is 1.56 bits per heavy atom. The van der Waals surface area contributed by atoms with Gasteiger partial charge in [0.25, 0.3) is 0 Å². The Kier molecular flexibility index (Phi) is 14.2. The smallest absolute Gasteiger partial charge is 0.164 e. The predicted molar refractivity (Wildman–Crippen MR) is 232 cm³/mol. The number of pyridine rings is 1. The number of carbonyl (C=O) groups is 1. The van der Waals surface area contributed by atoms with E-state index in [9.17, 15) is 9.90 Å². The summed E-state index contributed by atoms with van der Waals surface area (Å²) < 4.78 is 7.39. The quantitative estimate of drug-likeness (QED) is 0.0799. The van der Waals surface area contributed by atoms with Crippen molar-refractivity contribution in [3.63, 3.8) is 0 Å². The van der Waals surface area contributed by atoms with Crippen LogP contribution in [0.5, 0.6) is 0 Å². The van der Waals surface area contributed by atoms with Crippen LogP contribution in [0.4, 0.5) is 0 Å². The second-order valence-electron chi connectivity index (χ2n) is 17.0. The number of fused-ring (bicyclic) bond motifs is 3. The normalized spacial score (nSPS) is 12.6. The molecule has 0 saturated carbocycles. The first-order valence-electron chi connectivity index (χ1n) is 19.8. The number of thiophene rings is 1. The van der Waals surface area contributed by atoms with Crippen LogP contribution in [-0.4, -0.2) is 15.9 Å². The summed E-state index contributed by atoms with van der Waals surface area (Å²) in [7, 11) is 0. The number of rotatable bonds is 11. The van der Waals surface area contributed by atoms with Gasteiger partial charge in [0.15, 0.2) is 11.4 Å². The number of nitrogens with zero attached hydrogens (tertiary/aromatic N) is 1. The maximum atomic E-state index is 12.2. The first kappa shape index (κ1) is 44.1. The minimum absolute atomic E-state index is 0. The third kappa shape index (κ3) is 9.36. The van der Waals surface area contributed by atoms with Crippen molar-refractivity contribution in [1.29, 1.82) is 0 Å². The molecule has 6 aromatic rings. The number of aromatic nitrogens is 1. The average Bonchev–Trinajstić information content (AvgIpc) is 3.74. The number of furan rings is 1. The van der Waals surface area contributed by atoms with Gasteiger partial charge >= 0.3 is 0 Å². The van der Waals surface area contributed by atoms with E-state index in [-0.39, 0.29) is 47.9 Å². The van der Waals surface area contributed by atoms with Gasteiger partial charge in [-0.2, -0.15) is 0 Å². The van der Waals surface area contributed by atoms with Crippen LogP contribution in [0.25, 0.3) is 54.3 Å². The molecule has 0 bridgehead atoms. The minimum atomic E-state index is -0.337. The summed E-state index contributed by atoms with van der Waals surface area (Å²) in [5.74, 6) is 0.927. The number of aliphatic hydroxyl groups excluding tert-OH is 1. The van der Waals surface area contributed by atoms with E-state index >= 15 is 0 Å². The van der Waals surface area contributed by atoms with Crippen molar-refractivity contribution in [2.24, 2.45) is 16.7 Å². The standard InChI is InChI=1S/C34H32NOS.C15H28O2.Ir/c1-20(2)13-25-19-37-31-16-23(11-12-27(25)31)28-17-30(35-32-21(3)18-36-33(28)32)24-14-22-9-7-8-10-26(22)29(15-24)34(4,5)6;1-7-14(5,8-2)12(16)11-13(17)15(6,9-3)10-4;/h7-12,15-20H,13H2,1-6H3;11,16H,7-10H2,1-6H3;/q-1;;/b;12-11-;. The van der Waals surface area contributed by atoms with E-state index in [0.29, 0.717) is 5.92 Å². The fourth-order valence-electron chi connectivity index (χ4n) is 7.00. The molecule has 3 aromatic carbocycles. The number of hydrogen-bond donors (Lipinski definition) is 1. The summed E-state index contributed by atoms with van der Waals surface area (Å²) in [6, 6.07) is 23.5. The topological polar surface area (TPSA) is 63.3 Å². The molecule has 6 rings (SSSR count). The fourth-order valence-corrected chi connectivity index (χ4v) is 8.01. The van der Waals surface area contributed by atoms with Gasteiger partial charge in [-0.25, -0.2) is 0 Å². The van der Waals surface area contributed by atoms with E-state index in [0.717, 1.165) is 76.5 Å². The molecule has 55 heavy (non-hydrogen) atoms. The van der Waals surface area contributed by atoms with Crippen molar-refractivity contribution in [1.82, 2.24) is 4.98 Å². The molecular formula is C49H60IrNO3S-. The van der Waals surface area contributed by atoms with Crippen LogP contribution in [0.1, 0.15) is 119 Å². The van der Waals surface area contributed by atoms with Gasteiger partial charge in [-0.3, -0.25) is 9.78 Å². The molecule has 0 saturated heterocycles. The number of ketones is 1. The molecule has 295 valence electrons. The van der Waals surface area contributed by atoms with E-state index in [1.165, 1.54) is 32.7 Å². The monoisotopic (exact) mass is 935 g/mol. The zero-order chi connectivity index (χ0) is 39.6. The number of carbonyl (C=O) groups excluding carboxylic acids is 1. The molecule has 0 atom stereocenters. The molecule has 0 unspecified atom stereocenters. The molecule has 0 aliphatic carbocycles. The molecule has 0 aliphatic heterocycles. The summed E-state index contributed by atoms with van der Waals surface area (Å²) in [5, 5.41) is 16.2. The van der Waals surface area contributed by atoms with Gasteiger partial charge in [0.05, 0.1) is 6.26 Å². The van der Waals surface area contributed by atoms with Crippen molar-refractivity contribution in [2.45, 2.75) is 121 Å². The van der Waals surface area contributed by atoms with Gasteiger partial charge in [-0.1, -0.05) is 124 Å².